The van der Waals surface area contributed by atoms with Crippen LogP contribution in [-0.2, 0) is 13.1 Å². The standard InChI is InChI=1S/C16H16N2/c1-17-9-10-18-15-8-3-2-6-13(15)14-7-4-5-12(11-17)16(14)18/h2-8H,9-11H2,1H3. The molecule has 2 aromatic carbocycles. The Morgan fingerprint density at radius 3 is 2.67 bits per heavy atom. The molecule has 4 rings (SSSR count). The molecule has 1 aromatic heterocycles. The summed E-state index contributed by atoms with van der Waals surface area (Å²) in [4.78, 5) is 2.40. The van der Waals surface area contributed by atoms with Crippen LogP contribution in [0.5, 0.6) is 0 Å². The maximum absolute atomic E-state index is 2.49. The highest BCUT2D eigenvalue weighted by atomic mass is 15.1. The van der Waals surface area contributed by atoms with Crippen LogP contribution < -0.4 is 0 Å². The van der Waals surface area contributed by atoms with E-state index >= 15 is 0 Å². The van der Waals surface area contributed by atoms with E-state index in [2.05, 4.69) is 59.0 Å². The van der Waals surface area contributed by atoms with Crippen LogP contribution in [0.2, 0.25) is 0 Å². The highest BCUT2D eigenvalue weighted by molar-refractivity contribution is 6.09. The van der Waals surface area contributed by atoms with Crippen molar-refractivity contribution >= 4 is 21.8 Å². The molecule has 0 bridgehead atoms. The summed E-state index contributed by atoms with van der Waals surface area (Å²) in [5.74, 6) is 0. The van der Waals surface area contributed by atoms with Crippen molar-refractivity contribution in [2.75, 3.05) is 13.6 Å². The number of aromatic nitrogens is 1. The Labute approximate surface area is 106 Å². The molecule has 0 spiro atoms. The van der Waals surface area contributed by atoms with Gasteiger partial charge in [0.15, 0.2) is 0 Å². The zero-order valence-electron chi connectivity index (χ0n) is 10.6. The smallest absolute Gasteiger partial charge is 0.0537 e. The van der Waals surface area contributed by atoms with Gasteiger partial charge in [0.2, 0.25) is 0 Å². The molecule has 2 heterocycles. The van der Waals surface area contributed by atoms with E-state index < -0.39 is 0 Å². The van der Waals surface area contributed by atoms with Crippen LogP contribution in [0.3, 0.4) is 0 Å². The van der Waals surface area contributed by atoms with E-state index in [1.54, 1.807) is 0 Å². The van der Waals surface area contributed by atoms with E-state index in [-0.39, 0.29) is 0 Å². The summed E-state index contributed by atoms with van der Waals surface area (Å²) in [7, 11) is 2.20. The Kier molecular flexibility index (Phi) is 2.03. The van der Waals surface area contributed by atoms with Crippen molar-refractivity contribution in [2.45, 2.75) is 13.1 Å². The molecule has 2 nitrogen and oxygen atoms in total. The lowest BCUT2D eigenvalue weighted by Gasteiger charge is -2.13. The Balaban J connectivity index is 2.21. The Bertz CT molecular complexity index is 739. The molecular formula is C16H16N2. The largest absolute Gasteiger partial charge is 0.339 e. The van der Waals surface area contributed by atoms with Gasteiger partial charge < -0.3 is 9.47 Å². The molecule has 0 saturated carbocycles. The predicted octanol–water partition coefficient (Wildman–Crippen LogP) is 3.24. The fraction of sp³-hybridized carbons (Fsp3) is 0.250. The number of fused-ring (bicyclic) bond motifs is 3. The Morgan fingerprint density at radius 2 is 1.72 bits per heavy atom. The highest BCUT2D eigenvalue weighted by Gasteiger charge is 2.17. The predicted molar refractivity (Wildman–Crippen MR) is 75.8 cm³/mol. The molecule has 90 valence electrons. The highest BCUT2D eigenvalue weighted by Crippen LogP contribution is 2.32. The average molecular weight is 236 g/mol. The van der Waals surface area contributed by atoms with E-state index in [1.165, 1.54) is 27.4 Å². The van der Waals surface area contributed by atoms with Crippen LogP contribution in [0.25, 0.3) is 21.8 Å². The van der Waals surface area contributed by atoms with Crippen molar-refractivity contribution in [2.24, 2.45) is 0 Å². The third-order valence-electron chi connectivity index (χ3n) is 4.02. The number of nitrogens with zero attached hydrogens (tertiary/aromatic N) is 2. The van der Waals surface area contributed by atoms with Crippen molar-refractivity contribution in [1.29, 1.82) is 0 Å². The molecule has 0 amide bonds. The summed E-state index contributed by atoms with van der Waals surface area (Å²) in [6, 6.07) is 15.5. The number of rotatable bonds is 0. The fourth-order valence-electron chi connectivity index (χ4n) is 3.19. The quantitative estimate of drug-likeness (QED) is 0.581. The van der Waals surface area contributed by atoms with Gasteiger partial charge in [-0.2, -0.15) is 0 Å². The van der Waals surface area contributed by atoms with Crippen molar-refractivity contribution in [3.63, 3.8) is 0 Å². The second kappa shape index (κ2) is 3.59. The van der Waals surface area contributed by atoms with Crippen molar-refractivity contribution in [1.82, 2.24) is 9.47 Å². The van der Waals surface area contributed by atoms with Gasteiger partial charge in [0.05, 0.1) is 5.52 Å². The second-order valence-electron chi connectivity index (χ2n) is 5.22. The van der Waals surface area contributed by atoms with Gasteiger partial charge in [0.25, 0.3) is 0 Å². The molecule has 0 atom stereocenters. The van der Waals surface area contributed by atoms with Crippen LogP contribution in [0.15, 0.2) is 42.5 Å². The summed E-state index contributed by atoms with van der Waals surface area (Å²) in [5, 5.41) is 2.79. The van der Waals surface area contributed by atoms with Gasteiger partial charge in [0.1, 0.15) is 0 Å². The molecule has 0 radical (unpaired) electrons. The van der Waals surface area contributed by atoms with Gasteiger partial charge in [-0.25, -0.2) is 0 Å². The van der Waals surface area contributed by atoms with Gasteiger partial charge >= 0.3 is 0 Å². The topological polar surface area (TPSA) is 8.17 Å². The zero-order valence-corrected chi connectivity index (χ0v) is 10.6. The van der Waals surface area contributed by atoms with Gasteiger partial charge in [-0.1, -0.05) is 36.4 Å². The maximum atomic E-state index is 2.49. The number of likely N-dealkylation sites (N-methyl/N-ethyl adjacent to an activating group) is 1. The SMILES string of the molecule is CN1CCn2c3ccccc3c3cccc(c32)C1. The van der Waals surface area contributed by atoms with E-state index in [0.717, 1.165) is 19.6 Å². The first-order valence-corrected chi connectivity index (χ1v) is 6.52. The minimum atomic E-state index is 1.05. The van der Waals surface area contributed by atoms with Crippen LogP contribution >= 0.6 is 0 Å². The summed E-state index contributed by atoms with van der Waals surface area (Å²) >= 11 is 0. The molecular weight excluding hydrogens is 220 g/mol. The lowest BCUT2D eigenvalue weighted by molar-refractivity contribution is 0.324. The average Bonchev–Trinajstić information content (AvgIpc) is 2.61. The lowest BCUT2D eigenvalue weighted by atomic mass is 10.1. The summed E-state index contributed by atoms with van der Waals surface area (Å²) in [6.45, 7) is 3.24. The third-order valence-corrected chi connectivity index (χ3v) is 4.02. The van der Waals surface area contributed by atoms with E-state index in [9.17, 15) is 0 Å². The molecule has 0 fully saturated rings. The van der Waals surface area contributed by atoms with Crippen molar-refractivity contribution < 1.29 is 0 Å². The van der Waals surface area contributed by atoms with Crippen LogP contribution in [-0.4, -0.2) is 23.1 Å². The van der Waals surface area contributed by atoms with Gasteiger partial charge in [-0.15, -0.1) is 0 Å². The fourth-order valence-corrected chi connectivity index (χ4v) is 3.19. The molecule has 1 aliphatic heterocycles. The number of para-hydroxylation sites is 2. The summed E-state index contributed by atoms with van der Waals surface area (Å²) in [5.41, 5.74) is 4.25. The molecule has 1 aliphatic rings. The number of benzene rings is 2. The van der Waals surface area contributed by atoms with Gasteiger partial charge in [-0.3, -0.25) is 0 Å². The first-order chi connectivity index (χ1) is 8.84. The van der Waals surface area contributed by atoms with Crippen LogP contribution in [0.4, 0.5) is 0 Å². The van der Waals surface area contributed by atoms with Crippen molar-refractivity contribution in [3.8, 4) is 0 Å². The van der Waals surface area contributed by atoms with E-state index in [1.807, 2.05) is 0 Å². The molecule has 0 saturated heterocycles. The molecule has 0 N–H and O–H groups in total. The maximum Gasteiger partial charge on any atom is 0.0537 e. The van der Waals surface area contributed by atoms with Gasteiger partial charge in [-0.05, 0) is 18.7 Å². The van der Waals surface area contributed by atoms with Gasteiger partial charge in [0, 0.05) is 35.9 Å². The molecule has 0 aliphatic carbocycles. The molecule has 3 aromatic rings. The summed E-state index contributed by atoms with van der Waals surface area (Å²) in [6.07, 6.45) is 0. The molecule has 0 unspecified atom stereocenters. The van der Waals surface area contributed by atoms with Crippen molar-refractivity contribution in [3.05, 3.63) is 48.0 Å². The first-order valence-electron chi connectivity index (χ1n) is 6.52. The monoisotopic (exact) mass is 236 g/mol. The number of hydrogen-bond donors (Lipinski definition) is 0. The van der Waals surface area contributed by atoms with E-state index in [0.29, 0.717) is 0 Å². The normalized spacial score (nSPS) is 16.3. The van der Waals surface area contributed by atoms with Crippen LogP contribution in [0.1, 0.15) is 5.56 Å². The first kappa shape index (κ1) is 10.2. The summed E-state index contributed by atoms with van der Waals surface area (Å²) < 4.78 is 2.49. The second-order valence-corrected chi connectivity index (χ2v) is 5.22. The Hall–Kier alpha value is -1.80. The molecule has 18 heavy (non-hydrogen) atoms. The molecule has 2 heteroatoms. The minimum Gasteiger partial charge on any atom is -0.339 e. The zero-order chi connectivity index (χ0) is 12.1. The van der Waals surface area contributed by atoms with Crippen LogP contribution in [0, 0.1) is 0 Å². The number of hydrogen-bond acceptors (Lipinski definition) is 1. The van der Waals surface area contributed by atoms with E-state index in [4.69, 9.17) is 0 Å². The third kappa shape index (κ3) is 1.27. The lowest BCUT2D eigenvalue weighted by Crippen LogP contribution is -2.19. The minimum absolute atomic E-state index is 1.05. The Morgan fingerprint density at radius 1 is 0.889 bits per heavy atom.